The lowest BCUT2D eigenvalue weighted by molar-refractivity contribution is -0.159. The summed E-state index contributed by atoms with van der Waals surface area (Å²) in [5, 5.41) is 0. The molecular weight excluding hydrogens is 264 g/mol. The van der Waals surface area contributed by atoms with Crippen molar-refractivity contribution in [1.29, 1.82) is 0 Å². The third-order valence-electron chi connectivity index (χ3n) is 5.95. The van der Waals surface area contributed by atoms with E-state index in [4.69, 9.17) is 15.2 Å². The minimum atomic E-state index is -0.149. The number of nitrogens with zero attached hydrogens (tertiary/aromatic N) is 1. The average Bonchev–Trinajstić information content (AvgIpc) is 3.27. The predicted octanol–water partition coefficient (Wildman–Crippen LogP) is 2.27. The molecule has 2 saturated carbocycles. The number of nitrogens with two attached hydrogens (primary N) is 1. The lowest BCUT2D eigenvalue weighted by Crippen LogP contribution is -2.74. The van der Waals surface area contributed by atoms with Crippen LogP contribution in [0.4, 0.5) is 0 Å². The van der Waals surface area contributed by atoms with Gasteiger partial charge in [0.15, 0.2) is 0 Å². The lowest BCUT2D eigenvalue weighted by Gasteiger charge is -2.60. The van der Waals surface area contributed by atoms with E-state index in [1.54, 1.807) is 7.11 Å². The van der Waals surface area contributed by atoms with Gasteiger partial charge in [0.1, 0.15) is 0 Å². The van der Waals surface area contributed by atoms with Gasteiger partial charge >= 0.3 is 0 Å². The van der Waals surface area contributed by atoms with Gasteiger partial charge in [0.2, 0.25) is 0 Å². The van der Waals surface area contributed by atoms with Crippen molar-refractivity contribution in [1.82, 2.24) is 4.90 Å². The molecule has 21 heavy (non-hydrogen) atoms. The Balaban J connectivity index is 1.98. The summed E-state index contributed by atoms with van der Waals surface area (Å²) in [6, 6.07) is 0.613. The van der Waals surface area contributed by atoms with Gasteiger partial charge in [0.25, 0.3) is 0 Å². The first-order valence-electron chi connectivity index (χ1n) is 8.49. The molecular formula is C17H34N2O2. The van der Waals surface area contributed by atoms with Crippen LogP contribution < -0.4 is 5.73 Å². The van der Waals surface area contributed by atoms with E-state index in [2.05, 4.69) is 32.6 Å². The number of rotatable bonds is 9. The van der Waals surface area contributed by atoms with Crippen molar-refractivity contribution >= 4 is 0 Å². The molecule has 2 aliphatic rings. The van der Waals surface area contributed by atoms with Gasteiger partial charge in [-0.3, -0.25) is 4.90 Å². The van der Waals surface area contributed by atoms with Crippen molar-refractivity contribution in [3.05, 3.63) is 0 Å². The van der Waals surface area contributed by atoms with Crippen LogP contribution in [0.3, 0.4) is 0 Å². The first-order chi connectivity index (χ1) is 9.85. The van der Waals surface area contributed by atoms with E-state index in [0.717, 1.165) is 38.6 Å². The molecule has 2 aliphatic carbocycles. The van der Waals surface area contributed by atoms with Crippen LogP contribution in [0.1, 0.15) is 47.0 Å². The molecule has 0 aromatic heterocycles. The SMILES string of the molecule is CCOC1CC(N)(CN(CCOC)C(C)C2CC2)C1(C)C. The molecule has 2 rings (SSSR count). The summed E-state index contributed by atoms with van der Waals surface area (Å²) in [5.74, 6) is 0.858. The summed E-state index contributed by atoms with van der Waals surface area (Å²) in [4.78, 5) is 2.55. The van der Waals surface area contributed by atoms with E-state index in [1.807, 2.05) is 0 Å². The largest absolute Gasteiger partial charge is 0.383 e. The molecule has 0 heterocycles. The van der Waals surface area contributed by atoms with Gasteiger partial charge in [-0.05, 0) is 39.0 Å². The molecule has 0 amide bonds. The van der Waals surface area contributed by atoms with Crippen molar-refractivity contribution in [3.8, 4) is 0 Å². The van der Waals surface area contributed by atoms with E-state index in [-0.39, 0.29) is 11.0 Å². The zero-order chi connectivity index (χ0) is 15.7. The highest BCUT2D eigenvalue weighted by atomic mass is 16.5. The smallest absolute Gasteiger partial charge is 0.0662 e. The molecule has 0 aromatic carbocycles. The summed E-state index contributed by atoms with van der Waals surface area (Å²) in [5.41, 5.74) is 6.66. The molecule has 2 fully saturated rings. The highest BCUT2D eigenvalue weighted by Gasteiger charge is 2.59. The monoisotopic (exact) mass is 298 g/mol. The van der Waals surface area contributed by atoms with Crippen LogP contribution in [-0.2, 0) is 9.47 Å². The topological polar surface area (TPSA) is 47.7 Å². The molecule has 0 aromatic rings. The van der Waals surface area contributed by atoms with Gasteiger partial charge < -0.3 is 15.2 Å². The summed E-state index contributed by atoms with van der Waals surface area (Å²) in [6.07, 6.45) is 4.00. The third-order valence-corrected chi connectivity index (χ3v) is 5.95. The number of hydrogen-bond donors (Lipinski definition) is 1. The maximum atomic E-state index is 6.77. The quantitative estimate of drug-likeness (QED) is 0.709. The Morgan fingerprint density at radius 2 is 2.00 bits per heavy atom. The molecule has 0 radical (unpaired) electrons. The van der Waals surface area contributed by atoms with Crippen molar-refractivity contribution in [2.24, 2.45) is 17.1 Å². The number of hydrogen-bond acceptors (Lipinski definition) is 4. The Bertz CT molecular complexity index is 344. The lowest BCUT2D eigenvalue weighted by atomic mass is 9.54. The summed E-state index contributed by atoms with van der Waals surface area (Å²) in [6.45, 7) is 12.4. The molecule has 0 saturated heterocycles. The summed E-state index contributed by atoms with van der Waals surface area (Å²) in [7, 11) is 1.77. The standard InChI is InChI=1S/C17H34N2O2/c1-6-21-15-11-17(18,16(15,3)4)12-19(9-10-20-5)13(2)14-7-8-14/h13-15H,6-12,18H2,1-5H3. The number of ether oxygens (including phenoxy) is 2. The van der Waals surface area contributed by atoms with Crippen molar-refractivity contribution in [3.63, 3.8) is 0 Å². The fourth-order valence-electron chi connectivity index (χ4n) is 3.65. The van der Waals surface area contributed by atoms with Crippen molar-refractivity contribution in [2.75, 3.05) is 33.4 Å². The van der Waals surface area contributed by atoms with Gasteiger partial charge in [-0.2, -0.15) is 0 Å². The van der Waals surface area contributed by atoms with Crippen LogP contribution in [0.2, 0.25) is 0 Å². The summed E-state index contributed by atoms with van der Waals surface area (Å²) < 4.78 is 11.1. The van der Waals surface area contributed by atoms with Gasteiger partial charge in [-0.1, -0.05) is 13.8 Å². The molecule has 3 unspecified atom stereocenters. The average molecular weight is 298 g/mol. The molecule has 2 N–H and O–H groups in total. The van der Waals surface area contributed by atoms with E-state index >= 15 is 0 Å². The molecule has 4 heteroatoms. The molecule has 3 atom stereocenters. The van der Waals surface area contributed by atoms with Crippen LogP contribution in [0, 0.1) is 11.3 Å². The first kappa shape index (κ1) is 17.2. The number of methoxy groups -OCH3 is 1. The van der Waals surface area contributed by atoms with E-state index in [0.29, 0.717) is 12.1 Å². The van der Waals surface area contributed by atoms with Gasteiger partial charge in [-0.15, -0.1) is 0 Å². The van der Waals surface area contributed by atoms with Crippen LogP contribution in [0.15, 0.2) is 0 Å². The fraction of sp³-hybridized carbons (Fsp3) is 1.00. The van der Waals surface area contributed by atoms with Crippen LogP contribution in [0.25, 0.3) is 0 Å². The minimum Gasteiger partial charge on any atom is -0.383 e. The minimum absolute atomic E-state index is 0.0393. The third kappa shape index (κ3) is 3.44. The summed E-state index contributed by atoms with van der Waals surface area (Å²) >= 11 is 0. The maximum Gasteiger partial charge on any atom is 0.0662 e. The van der Waals surface area contributed by atoms with Crippen molar-refractivity contribution < 1.29 is 9.47 Å². The maximum absolute atomic E-state index is 6.77. The van der Waals surface area contributed by atoms with E-state index in [9.17, 15) is 0 Å². The molecule has 4 nitrogen and oxygen atoms in total. The van der Waals surface area contributed by atoms with Crippen LogP contribution in [0.5, 0.6) is 0 Å². The van der Waals surface area contributed by atoms with Crippen molar-refractivity contribution in [2.45, 2.75) is 64.6 Å². The molecule has 0 aliphatic heterocycles. The Hall–Kier alpha value is -0.160. The zero-order valence-electron chi connectivity index (χ0n) is 14.5. The Morgan fingerprint density at radius 3 is 2.48 bits per heavy atom. The van der Waals surface area contributed by atoms with Gasteiger partial charge in [0.05, 0.1) is 12.7 Å². The molecule has 124 valence electrons. The van der Waals surface area contributed by atoms with Gasteiger partial charge in [0, 0.05) is 43.8 Å². The highest BCUT2D eigenvalue weighted by Crippen LogP contribution is 2.50. The second kappa shape index (κ2) is 6.53. The van der Waals surface area contributed by atoms with Crippen LogP contribution >= 0.6 is 0 Å². The fourth-order valence-corrected chi connectivity index (χ4v) is 3.65. The van der Waals surface area contributed by atoms with E-state index < -0.39 is 0 Å². The van der Waals surface area contributed by atoms with Gasteiger partial charge in [-0.25, -0.2) is 0 Å². The Kier molecular flexibility index (Phi) is 5.35. The van der Waals surface area contributed by atoms with E-state index in [1.165, 1.54) is 12.8 Å². The molecule has 0 bridgehead atoms. The second-order valence-corrected chi connectivity index (χ2v) is 7.57. The molecule has 0 spiro atoms. The highest BCUT2D eigenvalue weighted by molar-refractivity contribution is 5.15. The predicted molar refractivity (Wildman–Crippen MR) is 86.4 cm³/mol. The first-order valence-corrected chi connectivity index (χ1v) is 8.49. The Morgan fingerprint density at radius 1 is 1.33 bits per heavy atom. The second-order valence-electron chi connectivity index (χ2n) is 7.57. The zero-order valence-corrected chi connectivity index (χ0v) is 14.5. The normalized spacial score (nSPS) is 33.0. The van der Waals surface area contributed by atoms with Crippen LogP contribution in [-0.4, -0.2) is 56.0 Å². The Labute approximate surface area is 130 Å².